The van der Waals surface area contributed by atoms with Gasteiger partial charge in [0.05, 0.1) is 18.9 Å². The molecule has 1 saturated carbocycles. The van der Waals surface area contributed by atoms with Gasteiger partial charge in [0, 0.05) is 19.1 Å². The van der Waals surface area contributed by atoms with Gasteiger partial charge in [-0.1, -0.05) is 6.92 Å². The van der Waals surface area contributed by atoms with Gasteiger partial charge >= 0.3 is 0 Å². The van der Waals surface area contributed by atoms with E-state index >= 15 is 0 Å². The third-order valence-electron chi connectivity index (χ3n) is 4.17. The molecule has 17 heavy (non-hydrogen) atoms. The van der Waals surface area contributed by atoms with E-state index in [4.69, 9.17) is 5.11 Å². The van der Waals surface area contributed by atoms with Crippen LogP contribution in [-0.4, -0.2) is 34.2 Å². The lowest BCUT2D eigenvalue weighted by Crippen LogP contribution is -2.55. The van der Waals surface area contributed by atoms with Crippen LogP contribution >= 0.6 is 0 Å². The van der Waals surface area contributed by atoms with Crippen molar-refractivity contribution < 1.29 is 5.11 Å². The van der Waals surface area contributed by atoms with Crippen molar-refractivity contribution in [2.45, 2.75) is 25.9 Å². The van der Waals surface area contributed by atoms with Gasteiger partial charge in [0.1, 0.15) is 5.82 Å². The largest absolute Gasteiger partial charge is 0.505 e. The maximum absolute atomic E-state index is 9.09. The highest BCUT2D eigenvalue weighted by Crippen LogP contribution is 2.48. The molecular formula is C12H18N4O. The Morgan fingerprint density at radius 1 is 1.53 bits per heavy atom. The van der Waals surface area contributed by atoms with Crippen LogP contribution in [0.4, 0.5) is 0 Å². The quantitative estimate of drug-likeness (QED) is 0.700. The molecule has 1 aliphatic carbocycles. The fourth-order valence-electron chi connectivity index (χ4n) is 3.10. The summed E-state index contributed by atoms with van der Waals surface area (Å²) in [6.07, 6.45) is 4.10. The molecular weight excluding hydrogens is 216 g/mol. The van der Waals surface area contributed by atoms with Gasteiger partial charge in [-0.3, -0.25) is 0 Å². The van der Waals surface area contributed by atoms with Crippen LogP contribution in [0.2, 0.25) is 0 Å². The highest BCUT2D eigenvalue weighted by molar-refractivity contribution is 5.11. The predicted molar refractivity (Wildman–Crippen MR) is 63.4 cm³/mol. The SMILES string of the molecule is C[C@@]12CNC[C@@H]1[C@H](NCc1ncc(O)cn1)C2. The second kappa shape index (κ2) is 3.92. The van der Waals surface area contributed by atoms with E-state index in [0.717, 1.165) is 24.8 Å². The van der Waals surface area contributed by atoms with Crippen molar-refractivity contribution in [3.8, 4) is 5.75 Å². The van der Waals surface area contributed by atoms with Crippen molar-refractivity contribution in [2.75, 3.05) is 13.1 Å². The van der Waals surface area contributed by atoms with E-state index in [1.807, 2.05) is 0 Å². The average Bonchev–Trinajstić information content (AvgIpc) is 2.60. The molecule has 2 heterocycles. The van der Waals surface area contributed by atoms with E-state index < -0.39 is 0 Å². The maximum Gasteiger partial charge on any atom is 0.152 e. The molecule has 0 radical (unpaired) electrons. The minimum absolute atomic E-state index is 0.116. The summed E-state index contributed by atoms with van der Waals surface area (Å²) in [4.78, 5) is 8.14. The lowest BCUT2D eigenvalue weighted by molar-refractivity contribution is 0.0512. The number of aromatic nitrogens is 2. The number of aromatic hydroxyl groups is 1. The van der Waals surface area contributed by atoms with Crippen LogP contribution in [0.3, 0.4) is 0 Å². The Kier molecular flexibility index (Phi) is 2.52. The van der Waals surface area contributed by atoms with E-state index in [2.05, 4.69) is 27.5 Å². The van der Waals surface area contributed by atoms with Crippen LogP contribution in [0, 0.1) is 11.3 Å². The second-order valence-electron chi connectivity index (χ2n) is 5.44. The summed E-state index contributed by atoms with van der Waals surface area (Å²) in [5.74, 6) is 1.59. The van der Waals surface area contributed by atoms with Crippen LogP contribution in [-0.2, 0) is 6.54 Å². The molecule has 1 aliphatic heterocycles. The van der Waals surface area contributed by atoms with Crippen molar-refractivity contribution in [1.82, 2.24) is 20.6 Å². The van der Waals surface area contributed by atoms with Gasteiger partial charge in [-0.2, -0.15) is 0 Å². The molecule has 2 fully saturated rings. The molecule has 1 saturated heterocycles. The number of hydrogen-bond acceptors (Lipinski definition) is 5. The first kappa shape index (κ1) is 10.9. The first-order valence-corrected chi connectivity index (χ1v) is 6.11. The molecule has 0 amide bonds. The van der Waals surface area contributed by atoms with Gasteiger partial charge in [0.15, 0.2) is 5.75 Å². The Morgan fingerprint density at radius 2 is 2.29 bits per heavy atom. The molecule has 92 valence electrons. The molecule has 3 atom stereocenters. The van der Waals surface area contributed by atoms with Crippen LogP contribution in [0.25, 0.3) is 0 Å². The van der Waals surface area contributed by atoms with Gasteiger partial charge in [-0.05, 0) is 17.8 Å². The summed E-state index contributed by atoms with van der Waals surface area (Å²) in [5, 5.41) is 16.1. The maximum atomic E-state index is 9.09. The first-order chi connectivity index (χ1) is 8.17. The molecule has 0 aromatic carbocycles. The van der Waals surface area contributed by atoms with Crippen molar-refractivity contribution in [1.29, 1.82) is 0 Å². The highest BCUT2D eigenvalue weighted by atomic mass is 16.3. The molecule has 5 heteroatoms. The minimum Gasteiger partial charge on any atom is -0.505 e. The van der Waals surface area contributed by atoms with Gasteiger partial charge in [-0.15, -0.1) is 0 Å². The molecule has 3 N–H and O–H groups in total. The van der Waals surface area contributed by atoms with E-state index in [1.165, 1.54) is 18.8 Å². The summed E-state index contributed by atoms with van der Waals surface area (Å²) in [6, 6.07) is 0.576. The zero-order valence-corrected chi connectivity index (χ0v) is 9.98. The molecule has 1 aromatic heterocycles. The normalized spacial score (nSPS) is 35.4. The van der Waals surface area contributed by atoms with Gasteiger partial charge in [0.2, 0.25) is 0 Å². The van der Waals surface area contributed by atoms with Crippen molar-refractivity contribution >= 4 is 0 Å². The fraction of sp³-hybridized carbons (Fsp3) is 0.667. The summed E-state index contributed by atoms with van der Waals surface area (Å²) < 4.78 is 0. The van der Waals surface area contributed by atoms with E-state index in [-0.39, 0.29) is 5.75 Å². The number of fused-ring (bicyclic) bond motifs is 1. The van der Waals surface area contributed by atoms with Crippen LogP contribution in [0.5, 0.6) is 5.75 Å². The zero-order valence-electron chi connectivity index (χ0n) is 9.98. The lowest BCUT2D eigenvalue weighted by atomic mass is 9.60. The van der Waals surface area contributed by atoms with Crippen LogP contribution in [0.1, 0.15) is 19.2 Å². The topological polar surface area (TPSA) is 70.1 Å². The summed E-state index contributed by atoms with van der Waals surface area (Å²) in [5.41, 5.74) is 0.494. The van der Waals surface area contributed by atoms with Gasteiger partial charge in [-0.25, -0.2) is 9.97 Å². The van der Waals surface area contributed by atoms with Gasteiger partial charge in [0.25, 0.3) is 0 Å². The predicted octanol–water partition coefficient (Wildman–Crippen LogP) is 0.270. The standard InChI is InChI=1S/C12H18N4O/c1-12-2-10(9(12)5-13-7-12)14-6-11-15-3-8(17)4-16-11/h3-4,9-10,13-14,17H,2,5-7H2,1H3/t9-,10-,12-/m1/s1. The highest BCUT2D eigenvalue weighted by Gasteiger charge is 2.52. The molecule has 2 aliphatic rings. The third kappa shape index (κ3) is 1.89. The number of rotatable bonds is 3. The number of hydrogen-bond donors (Lipinski definition) is 3. The molecule has 0 spiro atoms. The monoisotopic (exact) mass is 234 g/mol. The third-order valence-corrected chi connectivity index (χ3v) is 4.17. The summed E-state index contributed by atoms with van der Waals surface area (Å²) >= 11 is 0. The van der Waals surface area contributed by atoms with Gasteiger partial charge < -0.3 is 15.7 Å². The lowest BCUT2D eigenvalue weighted by Gasteiger charge is -2.49. The molecule has 3 rings (SSSR count). The average molecular weight is 234 g/mol. The summed E-state index contributed by atoms with van der Waals surface area (Å²) in [6.45, 7) is 5.29. The van der Waals surface area contributed by atoms with Crippen LogP contribution < -0.4 is 10.6 Å². The van der Waals surface area contributed by atoms with Crippen molar-refractivity contribution in [3.05, 3.63) is 18.2 Å². The molecule has 0 unspecified atom stereocenters. The fourth-order valence-corrected chi connectivity index (χ4v) is 3.10. The Labute approximate surface area is 101 Å². The van der Waals surface area contributed by atoms with E-state index in [1.54, 1.807) is 0 Å². The van der Waals surface area contributed by atoms with E-state index in [9.17, 15) is 0 Å². The molecule has 0 bridgehead atoms. The van der Waals surface area contributed by atoms with Crippen molar-refractivity contribution in [3.63, 3.8) is 0 Å². The Balaban J connectivity index is 1.54. The van der Waals surface area contributed by atoms with E-state index in [0.29, 0.717) is 18.0 Å². The molecule has 1 aromatic rings. The van der Waals surface area contributed by atoms with Crippen LogP contribution in [0.15, 0.2) is 12.4 Å². The number of nitrogens with one attached hydrogen (secondary N) is 2. The second-order valence-corrected chi connectivity index (χ2v) is 5.44. The Morgan fingerprint density at radius 3 is 3.00 bits per heavy atom. The first-order valence-electron chi connectivity index (χ1n) is 6.11. The molecule has 5 nitrogen and oxygen atoms in total. The number of nitrogens with zero attached hydrogens (tertiary/aromatic N) is 2. The van der Waals surface area contributed by atoms with Crippen molar-refractivity contribution in [2.24, 2.45) is 11.3 Å². The summed E-state index contributed by atoms with van der Waals surface area (Å²) in [7, 11) is 0. The smallest absolute Gasteiger partial charge is 0.152 e. The Bertz CT molecular complexity index is 407. The minimum atomic E-state index is 0.116. The Hall–Kier alpha value is -1.20. The zero-order chi connectivity index (χ0) is 11.9.